The van der Waals surface area contributed by atoms with Gasteiger partial charge in [-0.1, -0.05) is 207 Å². The Morgan fingerprint density at radius 1 is 0.333 bits per heavy atom. The lowest BCUT2D eigenvalue weighted by atomic mass is 9.87. The zero-order valence-corrected chi connectivity index (χ0v) is 31.1. The molecule has 1 unspecified atom stereocenters. The minimum Gasteiger partial charge on any atom is -0.299 e. The second kappa shape index (κ2) is 35.9. The van der Waals surface area contributed by atoms with Crippen LogP contribution in [0.25, 0.3) is 0 Å². The minimum atomic E-state index is -0.542. The van der Waals surface area contributed by atoms with E-state index in [9.17, 15) is 14.4 Å². The molecule has 0 bridgehead atoms. The Morgan fingerprint density at radius 3 is 0.978 bits per heavy atom. The summed E-state index contributed by atoms with van der Waals surface area (Å²) in [5, 5.41) is 0. The van der Waals surface area contributed by atoms with Gasteiger partial charge in [-0.25, -0.2) is 0 Å². The fourth-order valence-electron chi connectivity index (χ4n) is 6.69. The molecule has 0 aromatic heterocycles. The molecule has 0 aliphatic rings. The first-order chi connectivity index (χ1) is 22.1. The van der Waals surface area contributed by atoms with Crippen molar-refractivity contribution in [1.82, 2.24) is 0 Å². The van der Waals surface area contributed by atoms with Crippen molar-refractivity contribution in [2.75, 3.05) is 0 Å². The number of ketones is 3. The summed E-state index contributed by atoms with van der Waals surface area (Å²) < 4.78 is 0. The van der Waals surface area contributed by atoms with E-state index in [4.69, 9.17) is 0 Å². The summed E-state index contributed by atoms with van der Waals surface area (Å²) in [5.41, 5.74) is 0. The highest BCUT2D eigenvalue weighted by Gasteiger charge is 2.26. The Hall–Kier alpha value is -0.990. The second-order valence-corrected chi connectivity index (χ2v) is 14.4. The van der Waals surface area contributed by atoms with E-state index in [1.807, 2.05) is 0 Å². The third-order valence-corrected chi connectivity index (χ3v) is 9.83. The molecule has 0 saturated carbocycles. The number of hydrogen-bond donors (Lipinski definition) is 0. The molecule has 0 aromatic rings. The standard InChI is InChI=1S/C42H80O3/c1-4-7-10-13-16-17-18-19-20-21-22-23-24-25-28-30-33-36-40(41(44)37-34-31-27-15-12-9-6-3)42(45)38-39(43)35-32-29-26-14-11-8-5-2/h40H,4-38H2,1-3H3. The van der Waals surface area contributed by atoms with Gasteiger partial charge in [0.05, 0.1) is 12.3 Å². The summed E-state index contributed by atoms with van der Waals surface area (Å²) in [5.74, 6) is -0.481. The molecular formula is C42H80O3. The largest absolute Gasteiger partial charge is 0.299 e. The topological polar surface area (TPSA) is 51.2 Å². The predicted octanol–water partition coefficient (Wildman–Crippen LogP) is 14.0. The average Bonchev–Trinajstić information content (AvgIpc) is 3.03. The van der Waals surface area contributed by atoms with Crippen molar-refractivity contribution in [3.05, 3.63) is 0 Å². The molecule has 0 N–H and O–H groups in total. The molecule has 0 radical (unpaired) electrons. The lowest BCUT2D eigenvalue weighted by Crippen LogP contribution is -2.26. The van der Waals surface area contributed by atoms with Crippen LogP contribution in [-0.2, 0) is 14.4 Å². The molecule has 0 spiro atoms. The van der Waals surface area contributed by atoms with Gasteiger partial charge in [-0.2, -0.15) is 0 Å². The molecule has 266 valence electrons. The van der Waals surface area contributed by atoms with Crippen molar-refractivity contribution in [3.63, 3.8) is 0 Å². The molecule has 0 saturated heterocycles. The maximum absolute atomic E-state index is 13.2. The van der Waals surface area contributed by atoms with E-state index >= 15 is 0 Å². The highest BCUT2D eigenvalue weighted by atomic mass is 16.2. The van der Waals surface area contributed by atoms with Crippen LogP contribution in [0, 0.1) is 5.92 Å². The Balaban J connectivity index is 4.21. The summed E-state index contributed by atoms with van der Waals surface area (Å²) in [6, 6.07) is 0. The first-order valence-electron chi connectivity index (χ1n) is 20.6. The summed E-state index contributed by atoms with van der Waals surface area (Å²) in [7, 11) is 0. The number of unbranched alkanes of at least 4 members (excludes halogenated alkanes) is 28. The minimum absolute atomic E-state index is 0.0256. The van der Waals surface area contributed by atoms with Crippen LogP contribution >= 0.6 is 0 Å². The fraction of sp³-hybridized carbons (Fsp3) is 0.929. The Morgan fingerprint density at radius 2 is 0.622 bits per heavy atom. The van der Waals surface area contributed by atoms with E-state index in [1.54, 1.807) is 0 Å². The Bertz CT molecular complexity index is 654. The van der Waals surface area contributed by atoms with Crippen molar-refractivity contribution in [1.29, 1.82) is 0 Å². The normalized spacial score (nSPS) is 12.1. The van der Waals surface area contributed by atoms with Crippen molar-refractivity contribution in [3.8, 4) is 0 Å². The number of Topliss-reactive ketones (excluding diaryl/α,β-unsaturated/α-hetero) is 3. The van der Waals surface area contributed by atoms with Crippen molar-refractivity contribution >= 4 is 17.3 Å². The lowest BCUT2D eigenvalue weighted by molar-refractivity contribution is -0.135. The molecule has 0 fully saturated rings. The molecule has 0 aliphatic carbocycles. The van der Waals surface area contributed by atoms with E-state index in [0.29, 0.717) is 19.3 Å². The number of rotatable bonds is 38. The second-order valence-electron chi connectivity index (χ2n) is 14.4. The molecule has 0 rings (SSSR count). The quantitative estimate of drug-likeness (QED) is 0.0502. The van der Waals surface area contributed by atoms with Crippen LogP contribution in [0.15, 0.2) is 0 Å². The Kier molecular flexibility index (Phi) is 35.1. The molecule has 3 nitrogen and oxygen atoms in total. The molecule has 0 amide bonds. The van der Waals surface area contributed by atoms with Gasteiger partial charge in [0, 0.05) is 12.8 Å². The monoisotopic (exact) mass is 633 g/mol. The lowest BCUT2D eigenvalue weighted by Gasteiger charge is -2.15. The third kappa shape index (κ3) is 31.4. The Labute approximate surface area is 282 Å². The number of carbonyl (C=O) groups is 3. The smallest absolute Gasteiger partial charge is 0.150 e. The highest BCUT2D eigenvalue weighted by molar-refractivity contribution is 6.09. The van der Waals surface area contributed by atoms with Gasteiger partial charge in [-0.05, 0) is 19.3 Å². The maximum atomic E-state index is 13.2. The maximum Gasteiger partial charge on any atom is 0.150 e. The summed E-state index contributed by atoms with van der Waals surface area (Å²) >= 11 is 0. The van der Waals surface area contributed by atoms with Crippen molar-refractivity contribution < 1.29 is 14.4 Å². The molecule has 1 atom stereocenters. The zero-order chi connectivity index (χ0) is 33.1. The molecule has 0 aliphatic heterocycles. The van der Waals surface area contributed by atoms with Crippen LogP contribution in [0.3, 0.4) is 0 Å². The van der Waals surface area contributed by atoms with Crippen LogP contribution in [0.1, 0.15) is 245 Å². The SMILES string of the molecule is CCCCCCCCCCCCCCCCCCCC(C(=O)CCCCCCCCC)C(=O)CC(=O)CCCCCCCCC. The van der Waals surface area contributed by atoms with Gasteiger partial charge in [0.15, 0.2) is 5.78 Å². The van der Waals surface area contributed by atoms with E-state index in [-0.39, 0.29) is 23.8 Å². The van der Waals surface area contributed by atoms with E-state index in [0.717, 1.165) is 38.5 Å². The van der Waals surface area contributed by atoms with Gasteiger partial charge < -0.3 is 0 Å². The molecular weight excluding hydrogens is 552 g/mol. The van der Waals surface area contributed by atoms with Crippen LogP contribution in [0.5, 0.6) is 0 Å². The van der Waals surface area contributed by atoms with Crippen molar-refractivity contribution in [2.45, 2.75) is 245 Å². The number of carbonyl (C=O) groups excluding carboxylic acids is 3. The van der Waals surface area contributed by atoms with E-state index in [1.165, 1.54) is 161 Å². The highest BCUT2D eigenvalue weighted by Crippen LogP contribution is 2.21. The number of hydrogen-bond acceptors (Lipinski definition) is 3. The molecule has 0 heterocycles. The van der Waals surface area contributed by atoms with E-state index < -0.39 is 5.92 Å². The average molecular weight is 633 g/mol. The van der Waals surface area contributed by atoms with Crippen LogP contribution < -0.4 is 0 Å². The summed E-state index contributed by atoms with van der Waals surface area (Å²) in [6.07, 6.45) is 40.6. The predicted molar refractivity (Wildman–Crippen MR) is 197 cm³/mol. The summed E-state index contributed by atoms with van der Waals surface area (Å²) in [4.78, 5) is 38.9. The summed E-state index contributed by atoms with van der Waals surface area (Å²) in [6.45, 7) is 6.74. The molecule has 3 heteroatoms. The van der Waals surface area contributed by atoms with Gasteiger partial charge >= 0.3 is 0 Å². The first kappa shape index (κ1) is 44.0. The van der Waals surface area contributed by atoms with Crippen molar-refractivity contribution in [2.24, 2.45) is 5.92 Å². The zero-order valence-electron chi connectivity index (χ0n) is 31.1. The van der Waals surface area contributed by atoms with Gasteiger partial charge in [0.1, 0.15) is 11.6 Å². The van der Waals surface area contributed by atoms with Crippen LogP contribution in [0.2, 0.25) is 0 Å². The van der Waals surface area contributed by atoms with Crippen LogP contribution in [0.4, 0.5) is 0 Å². The fourth-order valence-corrected chi connectivity index (χ4v) is 6.69. The van der Waals surface area contributed by atoms with Gasteiger partial charge in [0.25, 0.3) is 0 Å². The first-order valence-corrected chi connectivity index (χ1v) is 20.6. The van der Waals surface area contributed by atoms with Gasteiger partial charge in [-0.3, -0.25) is 14.4 Å². The van der Waals surface area contributed by atoms with Gasteiger partial charge in [-0.15, -0.1) is 0 Å². The van der Waals surface area contributed by atoms with E-state index in [2.05, 4.69) is 20.8 Å². The van der Waals surface area contributed by atoms with Gasteiger partial charge in [0.2, 0.25) is 0 Å². The van der Waals surface area contributed by atoms with Crippen LogP contribution in [-0.4, -0.2) is 17.3 Å². The third-order valence-electron chi connectivity index (χ3n) is 9.83. The molecule has 0 aromatic carbocycles. The molecule has 45 heavy (non-hydrogen) atoms.